The van der Waals surface area contributed by atoms with Crippen molar-refractivity contribution in [1.82, 2.24) is 9.97 Å². The lowest BCUT2D eigenvalue weighted by molar-refractivity contribution is 0.740. The molecule has 0 unspecified atom stereocenters. The van der Waals surface area contributed by atoms with Gasteiger partial charge in [0.25, 0.3) is 0 Å². The second-order valence-corrected chi connectivity index (χ2v) is 5.85. The number of rotatable bonds is 7. The maximum Gasteiger partial charge on any atom is 0.224 e. The van der Waals surface area contributed by atoms with Crippen LogP contribution >= 0.6 is 11.6 Å². The summed E-state index contributed by atoms with van der Waals surface area (Å²) in [5.74, 6) is 1.43. The molecule has 0 radical (unpaired) electrons. The van der Waals surface area contributed by atoms with E-state index in [0.29, 0.717) is 5.95 Å². The molecular formula is C17H23ClN4. The van der Waals surface area contributed by atoms with Gasteiger partial charge in [0.2, 0.25) is 5.95 Å². The van der Waals surface area contributed by atoms with Gasteiger partial charge in [-0.05, 0) is 38.0 Å². The minimum atomic E-state index is 0.664. The van der Waals surface area contributed by atoms with E-state index in [4.69, 9.17) is 11.6 Å². The highest BCUT2D eigenvalue weighted by atomic mass is 35.5. The Labute approximate surface area is 137 Å². The summed E-state index contributed by atoms with van der Waals surface area (Å²) < 4.78 is 0. The highest BCUT2D eigenvalue weighted by molar-refractivity contribution is 6.31. The molecule has 0 saturated heterocycles. The summed E-state index contributed by atoms with van der Waals surface area (Å²) in [6.07, 6.45) is 3.55. The minimum absolute atomic E-state index is 0.664. The molecule has 1 heterocycles. The molecule has 22 heavy (non-hydrogen) atoms. The van der Waals surface area contributed by atoms with Crippen molar-refractivity contribution in [2.45, 2.75) is 40.0 Å². The van der Waals surface area contributed by atoms with Gasteiger partial charge in [0.1, 0.15) is 5.82 Å². The third-order valence-corrected chi connectivity index (χ3v) is 3.77. The van der Waals surface area contributed by atoms with Gasteiger partial charge in [-0.3, -0.25) is 0 Å². The van der Waals surface area contributed by atoms with Gasteiger partial charge in [0.05, 0.1) is 0 Å². The Morgan fingerprint density at radius 3 is 2.64 bits per heavy atom. The largest absolute Gasteiger partial charge is 0.354 e. The second kappa shape index (κ2) is 7.99. The Morgan fingerprint density at radius 1 is 1.09 bits per heavy atom. The molecule has 0 bridgehead atoms. The van der Waals surface area contributed by atoms with Gasteiger partial charge in [-0.2, -0.15) is 4.98 Å². The molecule has 1 aromatic heterocycles. The molecule has 0 aliphatic heterocycles. The van der Waals surface area contributed by atoms with Crippen LogP contribution in [0.5, 0.6) is 0 Å². The monoisotopic (exact) mass is 318 g/mol. The number of unbranched alkanes of at least 4 members (excludes halogenated alkanes) is 2. The fraction of sp³-hybridized carbons (Fsp3) is 0.412. The minimum Gasteiger partial charge on any atom is -0.354 e. The predicted octanol–water partition coefficient (Wildman–Crippen LogP) is 5.09. The van der Waals surface area contributed by atoms with Crippen molar-refractivity contribution in [3.63, 3.8) is 0 Å². The van der Waals surface area contributed by atoms with Crippen molar-refractivity contribution in [3.05, 3.63) is 40.5 Å². The molecular weight excluding hydrogens is 296 g/mol. The van der Waals surface area contributed by atoms with E-state index in [9.17, 15) is 0 Å². The zero-order chi connectivity index (χ0) is 15.9. The third kappa shape index (κ3) is 4.88. The summed E-state index contributed by atoms with van der Waals surface area (Å²) in [5, 5.41) is 7.30. The zero-order valence-electron chi connectivity index (χ0n) is 13.4. The van der Waals surface area contributed by atoms with Crippen LogP contribution in [0.4, 0.5) is 17.5 Å². The van der Waals surface area contributed by atoms with Gasteiger partial charge in [-0.25, -0.2) is 4.98 Å². The van der Waals surface area contributed by atoms with Crippen LogP contribution in [0.1, 0.15) is 37.4 Å². The molecule has 0 spiro atoms. The van der Waals surface area contributed by atoms with E-state index < -0.39 is 0 Å². The third-order valence-electron chi connectivity index (χ3n) is 3.36. The van der Waals surface area contributed by atoms with Gasteiger partial charge >= 0.3 is 0 Å². The van der Waals surface area contributed by atoms with Crippen LogP contribution in [0, 0.1) is 13.8 Å². The number of hydrogen-bond donors (Lipinski definition) is 2. The number of hydrogen-bond acceptors (Lipinski definition) is 4. The summed E-state index contributed by atoms with van der Waals surface area (Å²) >= 11 is 6.16. The van der Waals surface area contributed by atoms with Crippen LogP contribution in [-0.4, -0.2) is 16.5 Å². The van der Waals surface area contributed by atoms with Gasteiger partial charge in [-0.15, -0.1) is 0 Å². The first-order valence-corrected chi connectivity index (χ1v) is 8.09. The predicted molar refractivity (Wildman–Crippen MR) is 94.3 cm³/mol. The summed E-state index contributed by atoms with van der Waals surface area (Å²) in [7, 11) is 0. The molecule has 4 nitrogen and oxygen atoms in total. The fourth-order valence-corrected chi connectivity index (χ4v) is 2.29. The van der Waals surface area contributed by atoms with Crippen molar-refractivity contribution in [3.8, 4) is 0 Å². The zero-order valence-corrected chi connectivity index (χ0v) is 14.2. The van der Waals surface area contributed by atoms with E-state index >= 15 is 0 Å². The van der Waals surface area contributed by atoms with E-state index in [2.05, 4.69) is 27.5 Å². The van der Waals surface area contributed by atoms with Crippen molar-refractivity contribution >= 4 is 29.1 Å². The molecule has 0 aliphatic carbocycles. The smallest absolute Gasteiger partial charge is 0.224 e. The fourth-order valence-electron chi connectivity index (χ4n) is 2.11. The summed E-state index contributed by atoms with van der Waals surface area (Å²) in [6, 6.07) is 7.81. The second-order valence-electron chi connectivity index (χ2n) is 5.44. The lowest BCUT2D eigenvalue weighted by Gasteiger charge is -2.10. The van der Waals surface area contributed by atoms with Crippen molar-refractivity contribution < 1.29 is 0 Å². The molecule has 2 N–H and O–H groups in total. The first-order chi connectivity index (χ1) is 10.6. The molecule has 0 aliphatic rings. The molecule has 0 saturated carbocycles. The number of aryl methyl sites for hydroxylation is 2. The Hall–Kier alpha value is -1.81. The number of nitrogens with one attached hydrogen (secondary N) is 2. The average molecular weight is 319 g/mol. The first kappa shape index (κ1) is 16.6. The molecule has 2 rings (SSSR count). The number of anilines is 3. The molecule has 1 aromatic carbocycles. The van der Waals surface area contributed by atoms with Crippen LogP contribution in [0.25, 0.3) is 0 Å². The van der Waals surface area contributed by atoms with Gasteiger partial charge < -0.3 is 10.6 Å². The highest BCUT2D eigenvalue weighted by Crippen LogP contribution is 2.23. The number of aromatic nitrogens is 2. The van der Waals surface area contributed by atoms with Crippen LogP contribution < -0.4 is 10.6 Å². The molecule has 0 amide bonds. The number of nitrogens with zero attached hydrogens (tertiary/aromatic N) is 2. The maximum atomic E-state index is 6.16. The topological polar surface area (TPSA) is 49.8 Å². The molecule has 0 atom stereocenters. The van der Waals surface area contributed by atoms with Crippen molar-refractivity contribution in [2.24, 2.45) is 0 Å². The summed E-state index contributed by atoms with van der Waals surface area (Å²) in [6.45, 7) is 7.04. The average Bonchev–Trinajstić information content (AvgIpc) is 2.47. The number of halogens is 1. The first-order valence-electron chi connectivity index (χ1n) is 7.71. The molecule has 118 valence electrons. The highest BCUT2D eigenvalue weighted by Gasteiger charge is 2.04. The standard InChI is InChI=1S/C17H23ClN4/c1-4-5-6-9-19-17-20-13(3)10-16(22-17)21-14-8-7-12(2)15(18)11-14/h7-8,10-11H,4-6,9H2,1-3H3,(H2,19,20,21,22). The number of benzene rings is 1. The van der Waals surface area contributed by atoms with Crippen LogP contribution in [-0.2, 0) is 0 Å². The Bertz CT molecular complexity index is 628. The quantitative estimate of drug-likeness (QED) is 0.698. The Balaban J connectivity index is 2.06. The summed E-state index contributed by atoms with van der Waals surface area (Å²) in [5.41, 5.74) is 2.91. The molecule has 2 aromatic rings. The van der Waals surface area contributed by atoms with E-state index in [-0.39, 0.29) is 0 Å². The van der Waals surface area contributed by atoms with Crippen molar-refractivity contribution in [1.29, 1.82) is 0 Å². The lowest BCUT2D eigenvalue weighted by atomic mass is 10.2. The van der Waals surface area contributed by atoms with Crippen LogP contribution in [0.3, 0.4) is 0 Å². The van der Waals surface area contributed by atoms with Gasteiger partial charge in [0.15, 0.2) is 0 Å². The van der Waals surface area contributed by atoms with E-state index in [1.165, 1.54) is 12.8 Å². The van der Waals surface area contributed by atoms with Crippen LogP contribution in [0.2, 0.25) is 5.02 Å². The Kier molecular flexibility index (Phi) is 6.01. The van der Waals surface area contributed by atoms with Gasteiger partial charge in [-0.1, -0.05) is 37.4 Å². The van der Waals surface area contributed by atoms with E-state index in [1.807, 2.05) is 38.1 Å². The van der Waals surface area contributed by atoms with E-state index in [1.54, 1.807) is 0 Å². The maximum absolute atomic E-state index is 6.16. The normalized spacial score (nSPS) is 10.5. The lowest BCUT2D eigenvalue weighted by Crippen LogP contribution is -2.07. The molecule has 0 fully saturated rings. The Morgan fingerprint density at radius 2 is 1.91 bits per heavy atom. The molecule has 5 heteroatoms. The summed E-state index contributed by atoms with van der Waals surface area (Å²) in [4.78, 5) is 8.92. The SMILES string of the molecule is CCCCCNc1nc(C)cc(Nc2ccc(C)c(Cl)c2)n1. The van der Waals surface area contributed by atoms with Crippen molar-refractivity contribution in [2.75, 3.05) is 17.2 Å². The van der Waals surface area contributed by atoms with E-state index in [0.717, 1.165) is 40.8 Å². The van der Waals surface area contributed by atoms with Gasteiger partial charge in [0, 0.05) is 29.0 Å². The van der Waals surface area contributed by atoms with Crippen LogP contribution in [0.15, 0.2) is 24.3 Å².